The molecule has 36 heteroatoms. The third kappa shape index (κ3) is 26.9. The van der Waals surface area contributed by atoms with Crippen LogP contribution in [0.2, 0.25) is 0 Å². The molecule has 0 bridgehead atoms. The van der Waals surface area contributed by atoms with Crippen LogP contribution in [0, 0.1) is 5.92 Å². The fraction of sp³-hybridized carbons (Fsp3) is 0.551. The Morgan fingerprint density at radius 3 is 1.46 bits per heavy atom. The first-order valence-corrected chi connectivity index (χ1v) is 28.8. The van der Waals surface area contributed by atoms with Gasteiger partial charge in [0.25, 0.3) is 0 Å². The number of amides is 11. The number of guanidine groups is 1. The molecule has 85 heavy (non-hydrogen) atoms. The lowest BCUT2D eigenvalue weighted by atomic mass is 10.0. The number of H-pyrrole nitrogens is 1. The summed E-state index contributed by atoms with van der Waals surface area (Å²) in [5.74, 6) is -13.4. The highest BCUT2D eigenvalue weighted by molar-refractivity contribution is 7.80. The highest BCUT2D eigenvalue weighted by atomic mass is 32.1. The number of aliphatic imine (C=N–C) groups is 1. The number of carbonyl (C=O) groups excluding carboxylic acids is 11. The number of nitrogens with zero attached hydrogens (tertiary/aromatic N) is 2. The molecule has 0 aliphatic heterocycles. The third-order valence-electron chi connectivity index (χ3n) is 12.0. The zero-order valence-electron chi connectivity index (χ0n) is 46.7. The first-order valence-electron chi connectivity index (χ1n) is 26.3. The summed E-state index contributed by atoms with van der Waals surface area (Å²) in [4.78, 5) is 169. The number of hydrogen-bond donors (Lipinski definition) is 22. The predicted octanol–water partition coefficient (Wildman–Crippen LogP) is -7.26. The third-order valence-corrected chi connectivity index (χ3v) is 13.5. The van der Waals surface area contributed by atoms with Crippen LogP contribution in [0.1, 0.15) is 51.3 Å². The van der Waals surface area contributed by atoms with E-state index in [9.17, 15) is 72.9 Å². The highest BCUT2D eigenvalue weighted by Crippen LogP contribution is 2.14. The molecule has 1 aromatic heterocycles. The molecule has 0 unspecified atom stereocenters. The van der Waals surface area contributed by atoms with Gasteiger partial charge in [0.1, 0.15) is 66.2 Å². The number of carboxylic acid groups (broad SMARTS) is 1. The number of phenolic OH excluding ortho intramolecular Hbond substituents is 1. The first kappa shape index (κ1) is 73.6. The van der Waals surface area contributed by atoms with E-state index < -0.39 is 145 Å². The quantitative estimate of drug-likeness (QED) is 0.0129. The van der Waals surface area contributed by atoms with Crippen LogP contribution in [-0.2, 0) is 70.4 Å². The van der Waals surface area contributed by atoms with Crippen LogP contribution in [0.4, 0.5) is 0 Å². The standard InChI is InChI=1S/C49H77N17O15S4/c1-23(2)11-29(59-45(77)34(19-83)66-47(79)36(21-85)65-43(75)32(17-67)62-39(71)24(3)57-38(70)16-55-37(69)14-50)41(73)60-30(12-25-6-8-27(68)9-7-25)42(74)64-33(18-82)44(76)58-28(5-4-10-54-49(51)52)40(72)63-35(20-84)46(78)61-31(48(80)81)13-26-15-53-22-56-26/h6-9,15,22-24,28-36,67-68,82-85H,4-5,10-14,16-21,50H2,1-3H3,(H,53,56)(H,55,69)(H,57,70)(H,58,76)(H,59,77)(H,60,73)(H,61,78)(H,62,71)(H,63,72)(H,64,74)(H,65,75)(H,66,79)(H,80,81)(H4,51,52,54)/t24-,28-,29-,30-,31-,32-,33-,34-,35-,36-/m0/s1. The molecule has 11 amide bonds. The van der Waals surface area contributed by atoms with Crippen molar-refractivity contribution in [1.82, 2.24) is 68.5 Å². The van der Waals surface area contributed by atoms with Gasteiger partial charge in [-0.25, -0.2) is 9.78 Å². The topological polar surface area (TPSA) is 517 Å². The molecule has 0 spiro atoms. The number of aromatic amines is 1. The van der Waals surface area contributed by atoms with E-state index in [1.165, 1.54) is 43.7 Å². The maximum atomic E-state index is 14.3. The van der Waals surface area contributed by atoms with E-state index in [2.05, 4.69) is 124 Å². The smallest absolute Gasteiger partial charge is 0.326 e. The molecule has 1 aromatic carbocycles. The fourth-order valence-electron chi connectivity index (χ4n) is 7.42. The number of aliphatic hydroxyl groups excluding tert-OH is 1. The minimum Gasteiger partial charge on any atom is -0.508 e. The molecular formula is C49H77N17O15S4. The van der Waals surface area contributed by atoms with Gasteiger partial charge < -0.3 is 96.0 Å². The van der Waals surface area contributed by atoms with Gasteiger partial charge in [-0.3, -0.25) is 57.7 Å². The summed E-state index contributed by atoms with van der Waals surface area (Å²) >= 11 is 16.8. The zero-order valence-corrected chi connectivity index (χ0v) is 50.2. The molecule has 0 aliphatic carbocycles. The highest BCUT2D eigenvalue weighted by Gasteiger charge is 2.35. The van der Waals surface area contributed by atoms with Gasteiger partial charge in [-0.15, -0.1) is 0 Å². The molecule has 2 rings (SSSR count). The van der Waals surface area contributed by atoms with Crippen molar-refractivity contribution in [3.63, 3.8) is 0 Å². The molecule has 0 saturated heterocycles. The molecule has 0 fully saturated rings. The van der Waals surface area contributed by atoms with Crippen molar-refractivity contribution in [3.05, 3.63) is 48.0 Å². The molecule has 0 radical (unpaired) electrons. The number of nitrogens with one attached hydrogen (secondary N) is 12. The second-order valence-corrected chi connectivity index (χ2v) is 20.8. The lowest BCUT2D eigenvalue weighted by molar-refractivity contribution is -0.142. The number of benzene rings is 1. The van der Waals surface area contributed by atoms with E-state index in [0.29, 0.717) is 11.3 Å². The average Bonchev–Trinajstić information content (AvgIpc) is 4.12. The van der Waals surface area contributed by atoms with Crippen LogP contribution < -0.4 is 75.7 Å². The summed E-state index contributed by atoms with van der Waals surface area (Å²) in [5.41, 5.74) is 16.9. The minimum atomic E-state index is -1.65. The van der Waals surface area contributed by atoms with Gasteiger partial charge >= 0.3 is 5.97 Å². The second-order valence-electron chi connectivity index (χ2n) is 19.3. The van der Waals surface area contributed by atoms with Gasteiger partial charge in [0.05, 0.1) is 26.0 Å². The minimum absolute atomic E-state index is 0.000610. The number of aromatic nitrogens is 2. The maximum Gasteiger partial charge on any atom is 0.326 e. The Bertz CT molecular complexity index is 2620. The number of thiol groups is 4. The van der Waals surface area contributed by atoms with Crippen LogP contribution in [-0.4, -0.2) is 212 Å². The number of aliphatic hydroxyl groups is 1. The number of carbonyl (C=O) groups is 12. The Labute approximate surface area is 510 Å². The van der Waals surface area contributed by atoms with Crippen LogP contribution in [0.3, 0.4) is 0 Å². The summed E-state index contributed by atoms with van der Waals surface area (Å²) in [7, 11) is 0. The molecule has 32 nitrogen and oxygen atoms in total. The number of phenols is 1. The Kier molecular flexibility index (Phi) is 33.2. The van der Waals surface area contributed by atoms with E-state index in [1.54, 1.807) is 13.8 Å². The van der Waals surface area contributed by atoms with Crippen molar-refractivity contribution in [2.24, 2.45) is 28.1 Å². The molecule has 21 N–H and O–H groups in total. The first-order chi connectivity index (χ1) is 40.2. The number of hydrogen-bond acceptors (Lipinski definition) is 21. The Hall–Kier alpha value is -7.54. The van der Waals surface area contributed by atoms with Gasteiger partial charge in [-0.05, 0) is 49.8 Å². The summed E-state index contributed by atoms with van der Waals surface area (Å²) in [5, 5.41) is 56.2. The van der Waals surface area contributed by atoms with E-state index in [1.807, 2.05) is 0 Å². The van der Waals surface area contributed by atoms with Crippen molar-refractivity contribution in [3.8, 4) is 5.75 Å². The summed E-state index contributed by atoms with van der Waals surface area (Å²) in [6.07, 6.45) is 2.19. The SMILES string of the molecule is CC(C)C[C@H](NC(=O)[C@H](CS)NC(=O)[C@H](CS)NC(=O)[C@H](CO)NC(=O)[C@H](C)NC(=O)CNC(=O)CN)C(=O)N[C@@H](Cc1ccc(O)cc1)C(=O)N[C@@H](CS)C(=O)N[C@@H](CCCN=C(N)N)C(=O)N[C@@H](CS)C(=O)N[C@@H](Cc1cnc[nH]1)C(=O)O. The monoisotopic (exact) mass is 1270 g/mol. The molecule has 472 valence electrons. The predicted molar refractivity (Wildman–Crippen MR) is 321 cm³/mol. The van der Waals surface area contributed by atoms with Gasteiger partial charge in [-0.2, -0.15) is 50.5 Å². The van der Waals surface area contributed by atoms with E-state index >= 15 is 0 Å². The van der Waals surface area contributed by atoms with Crippen molar-refractivity contribution in [2.45, 2.75) is 113 Å². The van der Waals surface area contributed by atoms with Gasteiger partial charge in [0.2, 0.25) is 65.0 Å². The summed E-state index contributed by atoms with van der Waals surface area (Å²) < 4.78 is 0. The van der Waals surface area contributed by atoms with Crippen LogP contribution in [0.15, 0.2) is 41.8 Å². The molecule has 2 aromatic rings. The van der Waals surface area contributed by atoms with Crippen LogP contribution in [0.5, 0.6) is 5.75 Å². The van der Waals surface area contributed by atoms with Gasteiger partial charge in [-0.1, -0.05) is 26.0 Å². The molecule has 0 saturated carbocycles. The Morgan fingerprint density at radius 2 is 1.01 bits per heavy atom. The summed E-state index contributed by atoms with van der Waals surface area (Å²) in [6.45, 7) is 2.87. The lowest BCUT2D eigenvalue weighted by Crippen LogP contribution is -2.61. The Balaban J connectivity index is 2.32. The van der Waals surface area contributed by atoms with Crippen molar-refractivity contribution < 1.29 is 72.9 Å². The van der Waals surface area contributed by atoms with Crippen LogP contribution >= 0.6 is 50.5 Å². The van der Waals surface area contributed by atoms with Crippen molar-refractivity contribution in [2.75, 3.05) is 49.3 Å². The number of imidazole rings is 1. The van der Waals surface area contributed by atoms with Crippen molar-refractivity contribution >= 4 is 127 Å². The fourth-order valence-corrected chi connectivity index (χ4v) is 8.45. The van der Waals surface area contributed by atoms with Gasteiger partial charge in [0, 0.05) is 54.3 Å². The molecular weight excluding hydrogens is 1190 g/mol. The number of rotatable bonds is 38. The zero-order chi connectivity index (χ0) is 63.9. The van der Waals surface area contributed by atoms with Crippen molar-refractivity contribution in [1.29, 1.82) is 0 Å². The van der Waals surface area contributed by atoms with Crippen LogP contribution in [0.25, 0.3) is 0 Å². The number of aromatic hydroxyl groups is 1. The number of carboxylic acids is 1. The van der Waals surface area contributed by atoms with E-state index in [0.717, 1.165) is 0 Å². The molecule has 1 heterocycles. The summed E-state index contributed by atoms with van der Waals surface area (Å²) in [6, 6.07) is -9.01. The van der Waals surface area contributed by atoms with E-state index in [4.69, 9.17) is 17.2 Å². The maximum absolute atomic E-state index is 14.3. The normalized spacial score (nSPS) is 14.5. The number of aliphatic carboxylic acids is 1. The van der Waals surface area contributed by atoms with Gasteiger partial charge in [0.15, 0.2) is 5.96 Å². The average molecular weight is 1270 g/mol. The largest absolute Gasteiger partial charge is 0.508 e. The van der Waals surface area contributed by atoms with E-state index in [-0.39, 0.29) is 85.8 Å². The number of nitrogens with two attached hydrogens (primary N) is 3. The lowest BCUT2D eigenvalue weighted by Gasteiger charge is -2.28. The molecule has 0 aliphatic rings. The molecule has 10 atom stereocenters. The Morgan fingerprint density at radius 1 is 0.576 bits per heavy atom. The second kappa shape index (κ2) is 38.4.